The van der Waals surface area contributed by atoms with Crippen LogP contribution in [0.2, 0.25) is 0 Å². The molecule has 5 nitrogen and oxygen atoms in total. The van der Waals surface area contributed by atoms with Crippen LogP contribution in [0.4, 0.5) is 5.69 Å². The van der Waals surface area contributed by atoms with Gasteiger partial charge in [0.05, 0.1) is 6.54 Å². The number of nitrogens with two attached hydrogens (primary N) is 1. The third kappa shape index (κ3) is 5.01. The number of carbonyl (C=O) groups excluding carboxylic acids is 1. The average Bonchev–Trinajstić information content (AvgIpc) is 2.28. The SMILES string of the molecule is NC(=O)CN(CCCC(=O)O)c1ccccc1. The molecule has 0 heterocycles. The molecule has 0 spiro atoms. The smallest absolute Gasteiger partial charge is 0.303 e. The Labute approximate surface area is 99.8 Å². The van der Waals surface area contributed by atoms with E-state index in [1.54, 1.807) is 4.90 Å². The van der Waals surface area contributed by atoms with Gasteiger partial charge in [-0.3, -0.25) is 9.59 Å². The summed E-state index contributed by atoms with van der Waals surface area (Å²) in [4.78, 5) is 23.2. The maximum atomic E-state index is 10.9. The van der Waals surface area contributed by atoms with Crippen LogP contribution in [0.3, 0.4) is 0 Å². The summed E-state index contributed by atoms with van der Waals surface area (Å²) in [5, 5.41) is 8.57. The summed E-state index contributed by atoms with van der Waals surface area (Å²) in [6.45, 7) is 0.600. The Bertz CT molecular complexity index is 379. The molecule has 0 saturated heterocycles. The maximum Gasteiger partial charge on any atom is 0.303 e. The zero-order valence-electron chi connectivity index (χ0n) is 9.50. The summed E-state index contributed by atoms with van der Waals surface area (Å²) in [5.74, 6) is -1.26. The number of amides is 1. The van der Waals surface area contributed by atoms with Crippen molar-refractivity contribution in [3.63, 3.8) is 0 Å². The minimum absolute atomic E-state index is 0.0854. The molecule has 1 rings (SSSR count). The summed E-state index contributed by atoms with van der Waals surface area (Å²) >= 11 is 0. The predicted octanol–water partition coefficient (Wildman–Crippen LogP) is 0.843. The van der Waals surface area contributed by atoms with Crippen LogP contribution in [0.25, 0.3) is 0 Å². The molecule has 0 saturated carbocycles. The number of benzene rings is 1. The Balaban J connectivity index is 2.61. The molecule has 0 fully saturated rings. The van der Waals surface area contributed by atoms with Crippen molar-refractivity contribution in [2.45, 2.75) is 12.8 Å². The first-order valence-corrected chi connectivity index (χ1v) is 5.39. The van der Waals surface area contributed by atoms with Gasteiger partial charge in [-0.25, -0.2) is 0 Å². The number of primary amides is 1. The first-order valence-electron chi connectivity index (χ1n) is 5.39. The normalized spacial score (nSPS) is 9.88. The van der Waals surface area contributed by atoms with Gasteiger partial charge in [0.25, 0.3) is 0 Å². The number of anilines is 1. The average molecular weight is 236 g/mol. The van der Waals surface area contributed by atoms with Crippen LogP contribution in [0.15, 0.2) is 30.3 Å². The van der Waals surface area contributed by atoms with Crippen LogP contribution in [0.1, 0.15) is 12.8 Å². The number of rotatable bonds is 7. The van der Waals surface area contributed by atoms with Crippen molar-refractivity contribution < 1.29 is 14.7 Å². The standard InChI is InChI=1S/C12H16N2O3/c13-11(15)9-14(8-4-7-12(16)17)10-5-2-1-3-6-10/h1-3,5-6H,4,7-9H2,(H2,13,15)(H,16,17). The Hall–Kier alpha value is -2.04. The van der Waals surface area contributed by atoms with Gasteiger partial charge in [-0.2, -0.15) is 0 Å². The van der Waals surface area contributed by atoms with E-state index in [0.29, 0.717) is 13.0 Å². The van der Waals surface area contributed by atoms with Gasteiger partial charge in [0, 0.05) is 18.7 Å². The van der Waals surface area contributed by atoms with Crippen molar-refractivity contribution in [1.29, 1.82) is 0 Å². The fourth-order valence-corrected chi connectivity index (χ4v) is 1.55. The van der Waals surface area contributed by atoms with Crippen LogP contribution in [-0.4, -0.2) is 30.1 Å². The van der Waals surface area contributed by atoms with Crippen molar-refractivity contribution in [2.24, 2.45) is 5.73 Å². The molecule has 0 unspecified atom stereocenters. The van der Waals surface area contributed by atoms with Crippen LogP contribution in [0.5, 0.6) is 0 Å². The molecule has 0 aromatic heterocycles. The van der Waals surface area contributed by atoms with Crippen molar-refractivity contribution in [2.75, 3.05) is 18.0 Å². The molecule has 0 aliphatic heterocycles. The predicted molar refractivity (Wildman–Crippen MR) is 64.7 cm³/mol. The van der Waals surface area contributed by atoms with E-state index < -0.39 is 11.9 Å². The Kier molecular flexibility index (Phi) is 5.00. The zero-order chi connectivity index (χ0) is 12.7. The van der Waals surface area contributed by atoms with Crippen LogP contribution in [0, 0.1) is 0 Å². The topological polar surface area (TPSA) is 83.6 Å². The maximum absolute atomic E-state index is 10.9. The van der Waals surface area contributed by atoms with Crippen LogP contribution < -0.4 is 10.6 Å². The minimum atomic E-state index is -0.836. The molecule has 0 radical (unpaired) electrons. The molecule has 92 valence electrons. The number of hydrogen-bond acceptors (Lipinski definition) is 3. The second-order valence-electron chi connectivity index (χ2n) is 3.72. The molecule has 1 amide bonds. The van der Waals surface area contributed by atoms with Gasteiger partial charge in [0.15, 0.2) is 0 Å². The quantitative estimate of drug-likeness (QED) is 0.735. The fraction of sp³-hybridized carbons (Fsp3) is 0.333. The van der Waals surface area contributed by atoms with E-state index in [0.717, 1.165) is 5.69 Å². The van der Waals surface area contributed by atoms with Gasteiger partial charge in [0.1, 0.15) is 0 Å². The lowest BCUT2D eigenvalue weighted by molar-refractivity contribution is -0.137. The largest absolute Gasteiger partial charge is 0.481 e. The first-order chi connectivity index (χ1) is 8.09. The number of carboxylic acid groups (broad SMARTS) is 1. The highest BCUT2D eigenvalue weighted by atomic mass is 16.4. The Morgan fingerprint density at radius 1 is 1.24 bits per heavy atom. The summed E-state index contributed by atoms with van der Waals surface area (Å²) in [6.07, 6.45) is 0.569. The summed E-state index contributed by atoms with van der Waals surface area (Å²) < 4.78 is 0. The van der Waals surface area contributed by atoms with Crippen molar-refractivity contribution >= 4 is 17.6 Å². The van der Waals surface area contributed by atoms with E-state index in [4.69, 9.17) is 10.8 Å². The highest BCUT2D eigenvalue weighted by Gasteiger charge is 2.09. The van der Waals surface area contributed by atoms with E-state index in [9.17, 15) is 9.59 Å². The Morgan fingerprint density at radius 2 is 1.88 bits per heavy atom. The van der Waals surface area contributed by atoms with Crippen LogP contribution >= 0.6 is 0 Å². The van der Waals surface area contributed by atoms with Crippen LogP contribution in [-0.2, 0) is 9.59 Å². The monoisotopic (exact) mass is 236 g/mol. The van der Waals surface area contributed by atoms with E-state index in [2.05, 4.69) is 0 Å². The molecular weight excluding hydrogens is 220 g/mol. The fourth-order valence-electron chi connectivity index (χ4n) is 1.55. The van der Waals surface area contributed by atoms with Gasteiger partial charge in [-0.1, -0.05) is 18.2 Å². The number of hydrogen-bond donors (Lipinski definition) is 2. The molecule has 0 atom stereocenters. The van der Waals surface area contributed by atoms with Crippen molar-refractivity contribution in [1.82, 2.24) is 0 Å². The Morgan fingerprint density at radius 3 is 2.41 bits per heavy atom. The lowest BCUT2D eigenvalue weighted by Gasteiger charge is -2.22. The molecule has 17 heavy (non-hydrogen) atoms. The van der Waals surface area contributed by atoms with Gasteiger partial charge >= 0.3 is 5.97 Å². The highest BCUT2D eigenvalue weighted by molar-refractivity contribution is 5.79. The highest BCUT2D eigenvalue weighted by Crippen LogP contribution is 2.13. The van der Waals surface area contributed by atoms with Gasteiger partial charge in [0.2, 0.25) is 5.91 Å². The van der Waals surface area contributed by atoms with E-state index in [1.165, 1.54) is 0 Å². The number of para-hydroxylation sites is 1. The molecule has 1 aromatic carbocycles. The second-order valence-corrected chi connectivity index (χ2v) is 3.72. The third-order valence-electron chi connectivity index (χ3n) is 2.29. The molecule has 0 aliphatic rings. The molecule has 5 heteroatoms. The first kappa shape index (κ1) is 13.0. The lowest BCUT2D eigenvalue weighted by atomic mass is 10.2. The number of aliphatic carboxylic acids is 1. The number of carboxylic acids is 1. The summed E-state index contributed by atoms with van der Waals surface area (Å²) in [5.41, 5.74) is 6.04. The molecular formula is C12H16N2O3. The van der Waals surface area contributed by atoms with Gasteiger partial charge in [-0.05, 0) is 18.6 Å². The third-order valence-corrected chi connectivity index (χ3v) is 2.29. The van der Waals surface area contributed by atoms with Crippen molar-refractivity contribution in [3.8, 4) is 0 Å². The number of carbonyl (C=O) groups is 2. The summed E-state index contributed by atoms with van der Waals surface area (Å²) in [6, 6.07) is 9.33. The molecule has 1 aromatic rings. The van der Waals surface area contributed by atoms with Crippen molar-refractivity contribution in [3.05, 3.63) is 30.3 Å². The zero-order valence-corrected chi connectivity index (χ0v) is 9.50. The minimum Gasteiger partial charge on any atom is -0.481 e. The molecule has 0 bridgehead atoms. The summed E-state index contributed by atoms with van der Waals surface area (Å²) in [7, 11) is 0. The van der Waals surface area contributed by atoms with E-state index in [1.807, 2.05) is 30.3 Å². The molecule has 3 N–H and O–H groups in total. The molecule has 0 aliphatic carbocycles. The van der Waals surface area contributed by atoms with Gasteiger partial charge in [-0.15, -0.1) is 0 Å². The van der Waals surface area contributed by atoms with E-state index in [-0.39, 0.29) is 13.0 Å². The lowest BCUT2D eigenvalue weighted by Crippen LogP contribution is -2.34. The van der Waals surface area contributed by atoms with E-state index >= 15 is 0 Å². The number of nitrogens with zero attached hydrogens (tertiary/aromatic N) is 1. The van der Waals surface area contributed by atoms with Gasteiger partial charge < -0.3 is 15.7 Å². The second kappa shape index (κ2) is 6.52.